The van der Waals surface area contributed by atoms with Crippen LogP contribution in [0.25, 0.3) is 6.08 Å². The first-order chi connectivity index (χ1) is 12.5. The van der Waals surface area contributed by atoms with Gasteiger partial charge in [0.2, 0.25) is 11.8 Å². The first-order valence-corrected chi connectivity index (χ1v) is 8.60. The van der Waals surface area contributed by atoms with Gasteiger partial charge in [0.15, 0.2) is 0 Å². The second-order valence-electron chi connectivity index (χ2n) is 6.05. The van der Waals surface area contributed by atoms with Crippen molar-refractivity contribution in [2.45, 2.75) is 20.8 Å². The minimum absolute atomic E-state index is 0.0416. The smallest absolute Gasteiger partial charge is 0.248 e. The molecule has 0 saturated heterocycles. The Hall–Kier alpha value is -3.08. The zero-order valence-electron chi connectivity index (χ0n) is 15.3. The minimum Gasteiger partial charge on any atom is -0.494 e. The maximum Gasteiger partial charge on any atom is 0.248 e. The van der Waals surface area contributed by atoms with E-state index in [1.54, 1.807) is 30.3 Å². The Morgan fingerprint density at radius 3 is 2.08 bits per heavy atom. The highest BCUT2D eigenvalue weighted by atomic mass is 16.5. The molecule has 2 N–H and O–H groups in total. The molecule has 2 aromatic carbocycles. The average molecular weight is 352 g/mol. The monoisotopic (exact) mass is 352 g/mol. The van der Waals surface area contributed by atoms with E-state index in [2.05, 4.69) is 10.6 Å². The van der Waals surface area contributed by atoms with Gasteiger partial charge in [-0.2, -0.15) is 0 Å². The lowest BCUT2D eigenvalue weighted by atomic mass is 10.2. The summed E-state index contributed by atoms with van der Waals surface area (Å²) >= 11 is 0. The van der Waals surface area contributed by atoms with Crippen molar-refractivity contribution in [2.24, 2.45) is 5.92 Å². The summed E-state index contributed by atoms with van der Waals surface area (Å²) in [5.74, 6) is 0.457. The van der Waals surface area contributed by atoms with Gasteiger partial charge in [-0.15, -0.1) is 0 Å². The SMILES string of the molecule is CCOc1ccc(/C=C/C(=O)Nc2ccc(NC(=O)C(C)C)cc2)cc1. The second-order valence-corrected chi connectivity index (χ2v) is 6.05. The summed E-state index contributed by atoms with van der Waals surface area (Å²) in [6.07, 6.45) is 3.21. The van der Waals surface area contributed by atoms with Gasteiger partial charge in [0.25, 0.3) is 0 Å². The van der Waals surface area contributed by atoms with Crippen LogP contribution in [0.1, 0.15) is 26.3 Å². The van der Waals surface area contributed by atoms with Crippen molar-refractivity contribution in [1.29, 1.82) is 0 Å². The van der Waals surface area contributed by atoms with E-state index in [-0.39, 0.29) is 17.7 Å². The molecule has 2 amide bonds. The minimum atomic E-state index is -0.224. The molecule has 2 rings (SSSR count). The van der Waals surface area contributed by atoms with Crippen LogP contribution in [0.15, 0.2) is 54.6 Å². The molecule has 0 spiro atoms. The molecule has 0 saturated carbocycles. The molecule has 0 aliphatic heterocycles. The van der Waals surface area contributed by atoms with Crippen molar-refractivity contribution in [2.75, 3.05) is 17.2 Å². The zero-order valence-corrected chi connectivity index (χ0v) is 15.3. The highest BCUT2D eigenvalue weighted by Crippen LogP contribution is 2.15. The molecule has 0 bridgehead atoms. The van der Waals surface area contributed by atoms with Crippen LogP contribution in [-0.4, -0.2) is 18.4 Å². The maximum absolute atomic E-state index is 12.0. The molecule has 0 unspecified atom stereocenters. The van der Waals surface area contributed by atoms with Crippen LogP contribution in [0, 0.1) is 5.92 Å². The predicted molar refractivity (Wildman–Crippen MR) is 105 cm³/mol. The fraction of sp³-hybridized carbons (Fsp3) is 0.238. The number of anilines is 2. The Balaban J connectivity index is 1.89. The van der Waals surface area contributed by atoms with Gasteiger partial charge in [0.1, 0.15) is 5.75 Å². The summed E-state index contributed by atoms with van der Waals surface area (Å²) in [6.45, 7) is 6.22. The van der Waals surface area contributed by atoms with Crippen LogP contribution in [0.4, 0.5) is 11.4 Å². The average Bonchev–Trinajstić information content (AvgIpc) is 2.63. The zero-order chi connectivity index (χ0) is 18.9. The Labute approximate surface area is 154 Å². The van der Waals surface area contributed by atoms with Crippen molar-refractivity contribution >= 4 is 29.3 Å². The van der Waals surface area contributed by atoms with E-state index < -0.39 is 0 Å². The van der Waals surface area contributed by atoms with Gasteiger partial charge in [0, 0.05) is 23.4 Å². The molecule has 0 aromatic heterocycles. The first kappa shape index (κ1) is 19.2. The number of carbonyl (C=O) groups excluding carboxylic acids is 2. The van der Waals surface area contributed by atoms with Gasteiger partial charge >= 0.3 is 0 Å². The number of ether oxygens (including phenoxy) is 1. The van der Waals surface area contributed by atoms with E-state index in [1.165, 1.54) is 6.08 Å². The van der Waals surface area contributed by atoms with E-state index in [9.17, 15) is 9.59 Å². The van der Waals surface area contributed by atoms with E-state index in [4.69, 9.17) is 4.74 Å². The Morgan fingerprint density at radius 1 is 0.962 bits per heavy atom. The van der Waals surface area contributed by atoms with E-state index in [1.807, 2.05) is 45.0 Å². The summed E-state index contributed by atoms with van der Waals surface area (Å²) in [4.78, 5) is 23.7. The van der Waals surface area contributed by atoms with Crippen LogP contribution < -0.4 is 15.4 Å². The Kier molecular flexibility index (Phi) is 6.97. The highest BCUT2D eigenvalue weighted by Gasteiger charge is 2.07. The Bertz CT molecular complexity index is 763. The molecule has 0 radical (unpaired) electrons. The standard InChI is InChI=1S/C21H24N2O3/c1-4-26-19-12-5-16(6-13-19)7-14-20(24)22-17-8-10-18(11-9-17)23-21(25)15(2)3/h5-15H,4H2,1-3H3,(H,22,24)(H,23,25)/b14-7+. The van der Waals surface area contributed by atoms with Crippen molar-refractivity contribution in [3.8, 4) is 5.75 Å². The number of hydrogen-bond acceptors (Lipinski definition) is 3. The third-order valence-electron chi connectivity index (χ3n) is 3.56. The van der Waals surface area contributed by atoms with Gasteiger partial charge in [-0.05, 0) is 55.0 Å². The number of amides is 2. The molecule has 26 heavy (non-hydrogen) atoms. The number of nitrogens with one attached hydrogen (secondary N) is 2. The van der Waals surface area contributed by atoms with Gasteiger partial charge in [-0.1, -0.05) is 26.0 Å². The van der Waals surface area contributed by atoms with Gasteiger partial charge in [-0.3, -0.25) is 9.59 Å². The molecule has 0 aliphatic carbocycles. The van der Waals surface area contributed by atoms with Crippen LogP contribution in [0.3, 0.4) is 0 Å². The summed E-state index contributed by atoms with van der Waals surface area (Å²) in [7, 11) is 0. The van der Waals surface area contributed by atoms with E-state index in [0.29, 0.717) is 18.0 Å². The number of benzene rings is 2. The van der Waals surface area contributed by atoms with Gasteiger partial charge < -0.3 is 15.4 Å². The lowest BCUT2D eigenvalue weighted by Crippen LogP contribution is -2.17. The second kappa shape index (κ2) is 9.42. The van der Waals surface area contributed by atoms with Crippen molar-refractivity contribution in [3.63, 3.8) is 0 Å². The van der Waals surface area contributed by atoms with Crippen molar-refractivity contribution in [1.82, 2.24) is 0 Å². The van der Waals surface area contributed by atoms with Crippen molar-refractivity contribution < 1.29 is 14.3 Å². The first-order valence-electron chi connectivity index (χ1n) is 8.60. The molecule has 0 heterocycles. The summed E-state index contributed by atoms with van der Waals surface area (Å²) in [6, 6.07) is 14.5. The third-order valence-corrected chi connectivity index (χ3v) is 3.56. The fourth-order valence-corrected chi connectivity index (χ4v) is 2.12. The Morgan fingerprint density at radius 2 is 1.54 bits per heavy atom. The molecule has 136 valence electrons. The summed E-state index contributed by atoms with van der Waals surface area (Å²) < 4.78 is 5.38. The molecule has 5 heteroatoms. The van der Waals surface area contributed by atoms with Gasteiger partial charge in [-0.25, -0.2) is 0 Å². The molecule has 0 fully saturated rings. The maximum atomic E-state index is 12.0. The lowest BCUT2D eigenvalue weighted by molar-refractivity contribution is -0.119. The summed E-state index contributed by atoms with van der Waals surface area (Å²) in [5.41, 5.74) is 2.27. The molecular formula is C21H24N2O3. The van der Waals surface area contributed by atoms with Crippen LogP contribution in [0.2, 0.25) is 0 Å². The van der Waals surface area contributed by atoms with Crippen LogP contribution in [0.5, 0.6) is 5.75 Å². The van der Waals surface area contributed by atoms with E-state index >= 15 is 0 Å². The van der Waals surface area contributed by atoms with E-state index in [0.717, 1.165) is 11.3 Å². The molecule has 0 atom stereocenters. The van der Waals surface area contributed by atoms with Crippen molar-refractivity contribution in [3.05, 3.63) is 60.2 Å². The van der Waals surface area contributed by atoms with Gasteiger partial charge in [0.05, 0.1) is 6.61 Å². The lowest BCUT2D eigenvalue weighted by Gasteiger charge is -2.08. The molecular weight excluding hydrogens is 328 g/mol. The van der Waals surface area contributed by atoms with Crippen LogP contribution >= 0.6 is 0 Å². The largest absolute Gasteiger partial charge is 0.494 e. The van der Waals surface area contributed by atoms with Crippen LogP contribution in [-0.2, 0) is 9.59 Å². The predicted octanol–water partition coefficient (Wildman–Crippen LogP) is 4.33. The number of carbonyl (C=O) groups is 2. The fourth-order valence-electron chi connectivity index (χ4n) is 2.12. The summed E-state index contributed by atoms with van der Waals surface area (Å²) in [5, 5.41) is 5.59. The molecule has 0 aliphatic rings. The quantitative estimate of drug-likeness (QED) is 0.729. The topological polar surface area (TPSA) is 67.4 Å². The molecule has 5 nitrogen and oxygen atoms in total. The third kappa shape index (κ3) is 6.09. The number of rotatable bonds is 7. The number of hydrogen-bond donors (Lipinski definition) is 2. The highest BCUT2D eigenvalue weighted by molar-refractivity contribution is 6.02. The normalized spacial score (nSPS) is 10.8. The molecule has 2 aromatic rings.